The van der Waals surface area contributed by atoms with Gasteiger partial charge in [0.05, 0.1) is 24.9 Å². The third-order valence-electron chi connectivity index (χ3n) is 3.53. The van der Waals surface area contributed by atoms with E-state index in [4.69, 9.17) is 4.74 Å². The predicted molar refractivity (Wildman–Crippen MR) is 107 cm³/mol. The first-order valence-corrected chi connectivity index (χ1v) is 9.02. The molecule has 0 saturated carbocycles. The van der Waals surface area contributed by atoms with Crippen LogP contribution >= 0.6 is 11.3 Å². The minimum absolute atomic E-state index is 0.0938. The van der Waals surface area contributed by atoms with Gasteiger partial charge in [0.15, 0.2) is 5.13 Å². The molecule has 3 rings (SSSR count). The Morgan fingerprint density at radius 2 is 1.74 bits per heavy atom. The van der Waals surface area contributed by atoms with Crippen LogP contribution in [0.1, 0.15) is 5.69 Å². The van der Waals surface area contributed by atoms with Gasteiger partial charge in [-0.25, -0.2) is 9.78 Å². The van der Waals surface area contributed by atoms with Gasteiger partial charge in [0.2, 0.25) is 5.91 Å². The van der Waals surface area contributed by atoms with E-state index in [9.17, 15) is 9.59 Å². The quantitative estimate of drug-likeness (QED) is 0.601. The number of hydrogen-bond donors (Lipinski definition) is 3. The van der Waals surface area contributed by atoms with Gasteiger partial charge in [-0.05, 0) is 24.3 Å². The fourth-order valence-electron chi connectivity index (χ4n) is 2.33. The van der Waals surface area contributed by atoms with Crippen molar-refractivity contribution in [2.24, 2.45) is 0 Å². The molecule has 0 aliphatic carbocycles. The number of rotatable bonds is 6. The van der Waals surface area contributed by atoms with Crippen LogP contribution in [0.15, 0.2) is 60.0 Å². The van der Waals surface area contributed by atoms with E-state index in [1.807, 2.05) is 30.3 Å². The van der Waals surface area contributed by atoms with Crippen LogP contribution in [0, 0.1) is 0 Å². The van der Waals surface area contributed by atoms with E-state index in [0.717, 1.165) is 0 Å². The zero-order valence-electron chi connectivity index (χ0n) is 14.6. The summed E-state index contributed by atoms with van der Waals surface area (Å²) in [4.78, 5) is 28.5. The number of methoxy groups -OCH3 is 1. The second-order valence-electron chi connectivity index (χ2n) is 5.51. The molecule has 138 valence electrons. The molecule has 0 atom stereocenters. The van der Waals surface area contributed by atoms with Crippen molar-refractivity contribution in [2.45, 2.75) is 6.42 Å². The molecule has 3 aromatic rings. The van der Waals surface area contributed by atoms with Gasteiger partial charge in [-0.15, -0.1) is 11.3 Å². The number of carbonyl (C=O) groups excluding carboxylic acids is 2. The van der Waals surface area contributed by atoms with Gasteiger partial charge >= 0.3 is 6.03 Å². The maximum atomic E-state index is 12.2. The summed E-state index contributed by atoms with van der Waals surface area (Å²) in [5, 5.41) is 10.3. The number of urea groups is 1. The van der Waals surface area contributed by atoms with Crippen LogP contribution in [0.25, 0.3) is 0 Å². The van der Waals surface area contributed by atoms with Crippen molar-refractivity contribution in [2.75, 3.05) is 23.1 Å². The van der Waals surface area contributed by atoms with E-state index in [1.54, 1.807) is 36.8 Å². The molecule has 0 aliphatic heterocycles. The van der Waals surface area contributed by atoms with Gasteiger partial charge in [-0.3, -0.25) is 10.1 Å². The fourth-order valence-corrected chi connectivity index (χ4v) is 3.04. The van der Waals surface area contributed by atoms with Gasteiger partial charge in [-0.2, -0.15) is 0 Å². The normalized spacial score (nSPS) is 10.1. The van der Waals surface area contributed by atoms with E-state index < -0.39 is 0 Å². The van der Waals surface area contributed by atoms with Crippen molar-refractivity contribution in [3.8, 4) is 5.75 Å². The Labute approximate surface area is 160 Å². The number of para-hydroxylation sites is 3. The molecule has 1 heterocycles. The molecule has 1 aromatic heterocycles. The van der Waals surface area contributed by atoms with Gasteiger partial charge in [0.25, 0.3) is 0 Å². The van der Waals surface area contributed by atoms with Crippen LogP contribution < -0.4 is 20.7 Å². The highest BCUT2D eigenvalue weighted by atomic mass is 32.1. The van der Waals surface area contributed by atoms with Crippen molar-refractivity contribution in [1.29, 1.82) is 0 Å². The van der Waals surface area contributed by atoms with Gasteiger partial charge in [-0.1, -0.05) is 30.3 Å². The summed E-state index contributed by atoms with van der Waals surface area (Å²) in [5.74, 6) is 0.370. The monoisotopic (exact) mass is 382 g/mol. The Hall–Kier alpha value is -3.39. The standard InChI is InChI=1S/C19H18N4O3S/c1-26-16-10-6-5-9-15(16)22-17(24)11-14-12-27-19(21-14)23-18(25)20-13-7-3-2-4-8-13/h2-10,12H,11H2,1H3,(H,22,24)(H2,20,21,23,25). The SMILES string of the molecule is COc1ccccc1NC(=O)Cc1csc(NC(=O)Nc2ccccc2)n1. The van der Waals surface area contributed by atoms with E-state index in [2.05, 4.69) is 20.9 Å². The third-order valence-corrected chi connectivity index (χ3v) is 4.33. The molecule has 0 radical (unpaired) electrons. The van der Waals surface area contributed by atoms with Gasteiger partial charge in [0, 0.05) is 11.1 Å². The highest BCUT2D eigenvalue weighted by Gasteiger charge is 2.12. The maximum absolute atomic E-state index is 12.2. The average molecular weight is 382 g/mol. The summed E-state index contributed by atoms with van der Waals surface area (Å²) in [7, 11) is 1.55. The molecular weight excluding hydrogens is 364 g/mol. The molecule has 0 unspecified atom stereocenters. The molecule has 0 saturated heterocycles. The predicted octanol–water partition coefficient (Wildman–Crippen LogP) is 3.98. The molecule has 7 nitrogen and oxygen atoms in total. The smallest absolute Gasteiger partial charge is 0.325 e. The average Bonchev–Trinajstić information content (AvgIpc) is 3.09. The van der Waals surface area contributed by atoms with Gasteiger partial charge in [0.1, 0.15) is 5.75 Å². The number of carbonyl (C=O) groups is 2. The Morgan fingerprint density at radius 3 is 2.52 bits per heavy atom. The molecule has 0 spiro atoms. The number of benzene rings is 2. The van der Waals surface area contributed by atoms with Crippen molar-refractivity contribution >= 4 is 39.8 Å². The second kappa shape index (κ2) is 8.81. The van der Waals surface area contributed by atoms with Crippen molar-refractivity contribution < 1.29 is 14.3 Å². The Kier molecular flexibility index (Phi) is 6.01. The minimum atomic E-state index is -0.388. The van der Waals surface area contributed by atoms with E-state index in [0.29, 0.717) is 27.9 Å². The van der Waals surface area contributed by atoms with Crippen LogP contribution in [0.4, 0.5) is 21.3 Å². The lowest BCUT2D eigenvalue weighted by molar-refractivity contribution is -0.115. The van der Waals surface area contributed by atoms with E-state index in [1.165, 1.54) is 11.3 Å². The lowest BCUT2D eigenvalue weighted by atomic mass is 10.2. The summed E-state index contributed by atoms with van der Waals surface area (Å²) in [6.07, 6.45) is 0.0938. The first-order chi connectivity index (χ1) is 13.1. The second-order valence-corrected chi connectivity index (χ2v) is 6.37. The summed E-state index contributed by atoms with van der Waals surface area (Å²) in [6.45, 7) is 0. The van der Waals surface area contributed by atoms with Crippen LogP contribution in [-0.4, -0.2) is 24.0 Å². The number of anilines is 3. The maximum Gasteiger partial charge on any atom is 0.325 e. The lowest BCUT2D eigenvalue weighted by Gasteiger charge is -2.09. The molecule has 27 heavy (non-hydrogen) atoms. The number of nitrogens with one attached hydrogen (secondary N) is 3. The Morgan fingerprint density at radius 1 is 1.00 bits per heavy atom. The Balaban J connectivity index is 1.54. The highest BCUT2D eigenvalue weighted by molar-refractivity contribution is 7.14. The molecule has 3 N–H and O–H groups in total. The van der Waals surface area contributed by atoms with E-state index >= 15 is 0 Å². The molecule has 2 aromatic carbocycles. The number of thiazole rings is 1. The van der Waals surface area contributed by atoms with Crippen LogP contribution in [0.2, 0.25) is 0 Å². The highest BCUT2D eigenvalue weighted by Crippen LogP contribution is 2.23. The summed E-state index contributed by atoms with van der Waals surface area (Å²) in [6, 6.07) is 15.9. The van der Waals surface area contributed by atoms with Crippen LogP contribution in [0.3, 0.4) is 0 Å². The van der Waals surface area contributed by atoms with Crippen molar-refractivity contribution in [1.82, 2.24) is 4.98 Å². The number of hydrogen-bond acceptors (Lipinski definition) is 5. The molecule has 0 aliphatic rings. The Bertz CT molecular complexity index is 927. The lowest BCUT2D eigenvalue weighted by Crippen LogP contribution is -2.19. The van der Waals surface area contributed by atoms with Crippen molar-refractivity contribution in [3.05, 3.63) is 65.7 Å². The first kappa shape index (κ1) is 18.4. The zero-order valence-corrected chi connectivity index (χ0v) is 15.4. The molecule has 8 heteroatoms. The van der Waals surface area contributed by atoms with Crippen molar-refractivity contribution in [3.63, 3.8) is 0 Å². The fraction of sp³-hybridized carbons (Fsp3) is 0.105. The van der Waals surface area contributed by atoms with E-state index in [-0.39, 0.29) is 18.4 Å². The topological polar surface area (TPSA) is 92.4 Å². The first-order valence-electron chi connectivity index (χ1n) is 8.14. The summed E-state index contributed by atoms with van der Waals surface area (Å²) >= 11 is 1.26. The molecule has 0 bridgehead atoms. The molecular formula is C19H18N4O3S. The molecule has 0 fully saturated rings. The largest absolute Gasteiger partial charge is 0.495 e. The number of aromatic nitrogens is 1. The summed E-state index contributed by atoms with van der Waals surface area (Å²) < 4.78 is 5.21. The number of ether oxygens (including phenoxy) is 1. The van der Waals surface area contributed by atoms with Crippen LogP contribution in [0.5, 0.6) is 5.75 Å². The molecule has 3 amide bonds. The number of nitrogens with zero attached hydrogens (tertiary/aromatic N) is 1. The minimum Gasteiger partial charge on any atom is -0.495 e. The zero-order chi connectivity index (χ0) is 19.1. The third kappa shape index (κ3) is 5.29. The summed E-state index contributed by atoms with van der Waals surface area (Å²) in [5.41, 5.74) is 1.85. The number of amides is 3. The van der Waals surface area contributed by atoms with Gasteiger partial charge < -0.3 is 15.4 Å². The van der Waals surface area contributed by atoms with Crippen LogP contribution in [-0.2, 0) is 11.2 Å².